The van der Waals surface area contributed by atoms with E-state index in [2.05, 4.69) is 12.2 Å². The van der Waals surface area contributed by atoms with E-state index < -0.39 is 5.97 Å². The van der Waals surface area contributed by atoms with Crippen LogP contribution in [0.25, 0.3) is 10.1 Å². The molecule has 20 heavy (non-hydrogen) atoms. The van der Waals surface area contributed by atoms with E-state index in [1.165, 1.54) is 11.3 Å². The molecule has 1 unspecified atom stereocenters. The van der Waals surface area contributed by atoms with Crippen molar-refractivity contribution in [2.45, 2.75) is 19.9 Å². The fraction of sp³-hybridized carbons (Fsp3) is 0.400. The summed E-state index contributed by atoms with van der Waals surface area (Å²) in [5, 5.41) is 22.5. The van der Waals surface area contributed by atoms with E-state index in [-0.39, 0.29) is 6.61 Å². The number of thiophene rings is 1. The predicted octanol–water partition coefficient (Wildman–Crippen LogP) is 2.71. The number of rotatable bonds is 7. The third kappa shape index (κ3) is 3.36. The maximum atomic E-state index is 11.3. The van der Waals surface area contributed by atoms with Crippen LogP contribution in [0.15, 0.2) is 24.3 Å². The summed E-state index contributed by atoms with van der Waals surface area (Å²) in [5.41, 5.74) is 0.856. The van der Waals surface area contributed by atoms with Crippen molar-refractivity contribution in [3.8, 4) is 0 Å². The Morgan fingerprint density at radius 3 is 2.85 bits per heavy atom. The zero-order valence-electron chi connectivity index (χ0n) is 11.4. The highest BCUT2D eigenvalue weighted by atomic mass is 32.1. The second kappa shape index (κ2) is 6.83. The summed E-state index contributed by atoms with van der Waals surface area (Å²) in [6.07, 6.45) is 0.753. The molecule has 0 fully saturated rings. The third-order valence-electron chi connectivity index (χ3n) is 3.31. The van der Waals surface area contributed by atoms with Gasteiger partial charge in [0, 0.05) is 17.9 Å². The Kier molecular flexibility index (Phi) is 5.11. The van der Waals surface area contributed by atoms with Crippen molar-refractivity contribution in [2.75, 3.05) is 13.2 Å². The fourth-order valence-electron chi connectivity index (χ4n) is 2.21. The van der Waals surface area contributed by atoms with Gasteiger partial charge in [0.15, 0.2) is 0 Å². The van der Waals surface area contributed by atoms with Gasteiger partial charge in [-0.25, -0.2) is 4.79 Å². The monoisotopic (exact) mass is 293 g/mol. The van der Waals surface area contributed by atoms with Crippen LogP contribution in [0.3, 0.4) is 0 Å². The van der Waals surface area contributed by atoms with Crippen molar-refractivity contribution in [3.63, 3.8) is 0 Å². The summed E-state index contributed by atoms with van der Waals surface area (Å²) < 4.78 is 1.00. The fourth-order valence-corrected chi connectivity index (χ4v) is 3.27. The van der Waals surface area contributed by atoms with Crippen molar-refractivity contribution in [2.24, 2.45) is 5.92 Å². The molecular formula is C15H19NO3S. The van der Waals surface area contributed by atoms with Gasteiger partial charge in [-0.1, -0.05) is 25.1 Å². The Hall–Kier alpha value is -1.43. The summed E-state index contributed by atoms with van der Waals surface area (Å²) in [6.45, 7) is 3.56. The van der Waals surface area contributed by atoms with Gasteiger partial charge in [0.05, 0.1) is 0 Å². The Morgan fingerprint density at radius 1 is 1.40 bits per heavy atom. The van der Waals surface area contributed by atoms with Gasteiger partial charge in [-0.15, -0.1) is 11.3 Å². The van der Waals surface area contributed by atoms with Crippen LogP contribution in [-0.2, 0) is 6.54 Å². The number of benzene rings is 1. The van der Waals surface area contributed by atoms with Crippen LogP contribution in [0.1, 0.15) is 28.6 Å². The highest BCUT2D eigenvalue weighted by Crippen LogP contribution is 2.31. The number of nitrogens with one attached hydrogen (secondary N) is 1. The van der Waals surface area contributed by atoms with Crippen molar-refractivity contribution in [1.82, 2.24) is 5.32 Å². The predicted molar refractivity (Wildman–Crippen MR) is 81.4 cm³/mol. The van der Waals surface area contributed by atoms with Gasteiger partial charge >= 0.3 is 5.97 Å². The van der Waals surface area contributed by atoms with E-state index >= 15 is 0 Å². The van der Waals surface area contributed by atoms with Crippen molar-refractivity contribution < 1.29 is 15.0 Å². The number of aromatic carboxylic acids is 1. The summed E-state index contributed by atoms with van der Waals surface area (Å²) >= 11 is 1.32. The number of carboxylic acids is 1. The van der Waals surface area contributed by atoms with E-state index in [0.29, 0.717) is 17.3 Å². The lowest BCUT2D eigenvalue weighted by molar-refractivity contribution is 0.0701. The molecule has 0 radical (unpaired) electrons. The molecule has 4 nitrogen and oxygen atoms in total. The summed E-state index contributed by atoms with van der Waals surface area (Å²) in [6, 6.07) is 7.76. The van der Waals surface area contributed by atoms with Crippen LogP contribution in [0.4, 0.5) is 0 Å². The van der Waals surface area contributed by atoms with Crippen molar-refractivity contribution in [3.05, 3.63) is 34.7 Å². The zero-order chi connectivity index (χ0) is 14.5. The molecule has 0 saturated carbocycles. The molecule has 1 atom stereocenters. The summed E-state index contributed by atoms with van der Waals surface area (Å²) in [4.78, 5) is 11.8. The highest BCUT2D eigenvalue weighted by Gasteiger charge is 2.17. The number of carboxylic acid groups (broad SMARTS) is 1. The zero-order valence-corrected chi connectivity index (χ0v) is 12.2. The minimum atomic E-state index is -0.869. The van der Waals surface area contributed by atoms with Gasteiger partial charge in [0.25, 0.3) is 0 Å². The molecule has 3 N–H and O–H groups in total. The molecule has 1 aromatic heterocycles. The molecule has 108 valence electrons. The van der Waals surface area contributed by atoms with E-state index in [9.17, 15) is 9.90 Å². The molecule has 2 aromatic rings. The molecule has 0 aliphatic carbocycles. The molecule has 5 heteroatoms. The summed E-state index contributed by atoms with van der Waals surface area (Å²) in [5.74, 6) is -0.496. The number of fused-ring (bicyclic) bond motifs is 1. The van der Waals surface area contributed by atoms with Crippen LogP contribution in [-0.4, -0.2) is 29.3 Å². The number of carbonyl (C=O) groups is 1. The topological polar surface area (TPSA) is 69.6 Å². The standard InChI is InChI=1S/C15H19NO3S/c1-10(6-7-17)8-16-9-12-11-4-2-3-5-13(11)20-14(12)15(18)19/h2-5,10,16-17H,6-9H2,1H3,(H,18,19). The lowest BCUT2D eigenvalue weighted by Gasteiger charge is -2.11. The van der Waals surface area contributed by atoms with Crippen LogP contribution in [0.5, 0.6) is 0 Å². The van der Waals surface area contributed by atoms with Gasteiger partial charge in [-0.05, 0) is 35.9 Å². The van der Waals surface area contributed by atoms with Crippen LogP contribution >= 0.6 is 11.3 Å². The highest BCUT2D eigenvalue weighted by molar-refractivity contribution is 7.21. The van der Waals surface area contributed by atoms with Gasteiger partial charge in [0.2, 0.25) is 0 Å². The van der Waals surface area contributed by atoms with Gasteiger partial charge in [-0.3, -0.25) is 0 Å². The second-order valence-electron chi connectivity index (χ2n) is 4.96. The average Bonchev–Trinajstić information content (AvgIpc) is 2.78. The molecule has 0 spiro atoms. The first-order chi connectivity index (χ1) is 9.63. The molecule has 0 bridgehead atoms. The molecule has 0 aliphatic rings. The first-order valence-corrected chi connectivity index (χ1v) is 7.50. The largest absolute Gasteiger partial charge is 0.477 e. The van der Waals surface area contributed by atoms with E-state index in [4.69, 9.17) is 5.11 Å². The number of aliphatic hydroxyl groups is 1. The van der Waals surface area contributed by atoms with Crippen LogP contribution in [0, 0.1) is 5.92 Å². The molecular weight excluding hydrogens is 274 g/mol. The first-order valence-electron chi connectivity index (χ1n) is 6.68. The first kappa shape index (κ1) is 15.0. The number of aliphatic hydroxyl groups excluding tert-OH is 1. The number of hydrogen-bond acceptors (Lipinski definition) is 4. The third-order valence-corrected chi connectivity index (χ3v) is 4.51. The average molecular weight is 293 g/mol. The Morgan fingerprint density at radius 2 is 2.15 bits per heavy atom. The quantitative estimate of drug-likeness (QED) is 0.734. The minimum absolute atomic E-state index is 0.185. The molecule has 0 amide bonds. The SMILES string of the molecule is CC(CCO)CNCc1c(C(=O)O)sc2ccccc12. The molecule has 0 saturated heterocycles. The Labute approximate surface area is 122 Å². The maximum Gasteiger partial charge on any atom is 0.346 e. The van der Waals surface area contributed by atoms with Crippen molar-refractivity contribution in [1.29, 1.82) is 0 Å². The van der Waals surface area contributed by atoms with Gasteiger partial charge < -0.3 is 15.5 Å². The minimum Gasteiger partial charge on any atom is -0.477 e. The van der Waals surface area contributed by atoms with Gasteiger partial charge in [0.1, 0.15) is 4.88 Å². The lowest BCUT2D eigenvalue weighted by atomic mass is 10.1. The Balaban J connectivity index is 2.15. The molecule has 1 aromatic carbocycles. The molecule has 1 heterocycles. The second-order valence-corrected chi connectivity index (χ2v) is 6.01. The lowest BCUT2D eigenvalue weighted by Crippen LogP contribution is -2.22. The maximum absolute atomic E-state index is 11.3. The van der Waals surface area contributed by atoms with E-state index in [0.717, 1.165) is 28.6 Å². The Bertz CT molecular complexity index is 594. The molecule has 2 rings (SSSR count). The molecule has 0 aliphatic heterocycles. The van der Waals surface area contributed by atoms with Crippen LogP contribution < -0.4 is 5.32 Å². The van der Waals surface area contributed by atoms with Crippen molar-refractivity contribution >= 4 is 27.4 Å². The van der Waals surface area contributed by atoms with E-state index in [1.807, 2.05) is 24.3 Å². The number of hydrogen-bond donors (Lipinski definition) is 3. The summed E-state index contributed by atoms with van der Waals surface area (Å²) in [7, 11) is 0. The van der Waals surface area contributed by atoms with Crippen LogP contribution in [0.2, 0.25) is 0 Å². The smallest absolute Gasteiger partial charge is 0.346 e. The normalized spacial score (nSPS) is 12.7. The van der Waals surface area contributed by atoms with E-state index in [1.54, 1.807) is 0 Å². The van der Waals surface area contributed by atoms with Gasteiger partial charge in [-0.2, -0.15) is 0 Å².